The third kappa shape index (κ3) is 1.69. The lowest BCUT2D eigenvalue weighted by molar-refractivity contribution is -0.0318. The fourth-order valence-corrected chi connectivity index (χ4v) is 3.55. The van der Waals surface area contributed by atoms with Gasteiger partial charge in [0.25, 0.3) is 0 Å². The minimum absolute atomic E-state index is 0.830. The van der Waals surface area contributed by atoms with Crippen LogP contribution in [0.2, 0.25) is 0 Å². The fourth-order valence-electron chi connectivity index (χ4n) is 3.55. The lowest BCUT2D eigenvalue weighted by atomic mass is 9.91. The zero-order valence-corrected chi connectivity index (χ0v) is 13.0. The van der Waals surface area contributed by atoms with Crippen LogP contribution in [0.25, 0.3) is 0 Å². The average Bonchev–Trinajstić information content (AvgIpc) is 2.82. The van der Waals surface area contributed by atoms with Crippen molar-refractivity contribution in [1.82, 2.24) is 4.90 Å². The second kappa shape index (κ2) is 4.68. The highest BCUT2D eigenvalue weighted by atomic mass is 16.3. The number of hydrogen-bond donors (Lipinski definition) is 1. The van der Waals surface area contributed by atoms with Crippen LogP contribution in [0, 0.1) is 13.8 Å². The van der Waals surface area contributed by atoms with E-state index in [9.17, 15) is 5.11 Å². The number of benzene rings is 2. The number of aryl methyl sites for hydroxylation is 2. The Bertz CT molecular complexity index is 781. The summed E-state index contributed by atoms with van der Waals surface area (Å²) in [6, 6.07) is 14.3. The Morgan fingerprint density at radius 2 is 1.91 bits per heavy atom. The summed E-state index contributed by atoms with van der Waals surface area (Å²) in [4.78, 5) is 6.74. The molecule has 1 unspecified atom stereocenters. The molecule has 3 nitrogen and oxygen atoms in total. The van der Waals surface area contributed by atoms with Crippen molar-refractivity contribution in [2.75, 3.05) is 13.1 Å². The zero-order chi connectivity index (χ0) is 15.3. The van der Waals surface area contributed by atoms with E-state index < -0.39 is 5.72 Å². The molecule has 0 spiro atoms. The van der Waals surface area contributed by atoms with Crippen molar-refractivity contribution in [1.29, 1.82) is 0 Å². The summed E-state index contributed by atoms with van der Waals surface area (Å²) in [5, 5.41) is 11.7. The van der Waals surface area contributed by atoms with Gasteiger partial charge in [-0.3, -0.25) is 4.99 Å². The summed E-state index contributed by atoms with van der Waals surface area (Å²) < 4.78 is 0. The maximum absolute atomic E-state index is 11.7. The molecule has 1 atom stereocenters. The molecule has 0 aromatic heterocycles. The van der Waals surface area contributed by atoms with Gasteiger partial charge in [-0.25, -0.2) is 0 Å². The van der Waals surface area contributed by atoms with Crippen molar-refractivity contribution in [2.24, 2.45) is 4.99 Å². The van der Waals surface area contributed by atoms with Gasteiger partial charge in [0, 0.05) is 29.8 Å². The number of nitrogens with zero attached hydrogens (tertiary/aromatic N) is 2. The van der Waals surface area contributed by atoms with E-state index in [1.807, 2.05) is 24.3 Å². The van der Waals surface area contributed by atoms with E-state index in [0.29, 0.717) is 0 Å². The first-order chi connectivity index (χ1) is 10.6. The number of fused-ring (bicyclic) bond motifs is 3. The average molecular weight is 292 g/mol. The molecular formula is C19H20N2O. The maximum atomic E-state index is 11.7. The van der Waals surface area contributed by atoms with E-state index in [1.54, 1.807) is 0 Å². The van der Waals surface area contributed by atoms with E-state index in [-0.39, 0.29) is 0 Å². The summed E-state index contributed by atoms with van der Waals surface area (Å²) in [7, 11) is 0. The van der Waals surface area contributed by atoms with E-state index >= 15 is 0 Å². The minimum Gasteiger partial charge on any atom is -0.363 e. The van der Waals surface area contributed by atoms with Crippen LogP contribution in [0.4, 0.5) is 0 Å². The molecule has 0 saturated carbocycles. The van der Waals surface area contributed by atoms with Gasteiger partial charge >= 0.3 is 0 Å². The van der Waals surface area contributed by atoms with Crippen molar-refractivity contribution in [3.8, 4) is 0 Å². The van der Waals surface area contributed by atoms with Crippen LogP contribution < -0.4 is 0 Å². The quantitative estimate of drug-likeness (QED) is 0.877. The van der Waals surface area contributed by atoms with E-state index in [0.717, 1.165) is 42.0 Å². The van der Waals surface area contributed by atoms with Crippen molar-refractivity contribution in [3.05, 3.63) is 70.3 Å². The topological polar surface area (TPSA) is 35.8 Å². The molecule has 0 aliphatic carbocycles. The summed E-state index contributed by atoms with van der Waals surface area (Å²) in [6.07, 6.45) is 0.977. The first-order valence-corrected chi connectivity index (χ1v) is 7.84. The molecule has 0 radical (unpaired) electrons. The number of hydrogen-bond acceptors (Lipinski definition) is 3. The smallest absolute Gasteiger partial charge is 0.193 e. The summed E-state index contributed by atoms with van der Waals surface area (Å²) in [5.41, 5.74) is 4.27. The van der Waals surface area contributed by atoms with Gasteiger partial charge in [-0.15, -0.1) is 0 Å². The molecule has 2 aliphatic heterocycles. The molecule has 2 heterocycles. The molecule has 3 heteroatoms. The highest BCUT2D eigenvalue weighted by Gasteiger charge is 2.48. The Balaban J connectivity index is 1.97. The Hall–Kier alpha value is -2.13. The van der Waals surface area contributed by atoms with Gasteiger partial charge in [0.2, 0.25) is 0 Å². The predicted octanol–water partition coefficient (Wildman–Crippen LogP) is 2.96. The van der Waals surface area contributed by atoms with Gasteiger partial charge in [-0.2, -0.15) is 0 Å². The Labute approximate surface area is 130 Å². The number of rotatable bonds is 1. The van der Waals surface area contributed by atoms with Crippen LogP contribution in [0.1, 0.15) is 34.2 Å². The predicted molar refractivity (Wildman–Crippen MR) is 88.1 cm³/mol. The largest absolute Gasteiger partial charge is 0.363 e. The molecule has 2 aromatic rings. The number of aliphatic imine (C=N–C) groups is 1. The van der Waals surface area contributed by atoms with E-state index in [4.69, 9.17) is 0 Å². The molecule has 112 valence electrons. The van der Waals surface area contributed by atoms with Crippen molar-refractivity contribution < 1.29 is 5.11 Å². The SMILES string of the molecule is Cc1ccc(C2(O)c3ccccc3C3=NCCCN32)cc1C. The third-order valence-electron chi connectivity index (χ3n) is 4.90. The highest BCUT2D eigenvalue weighted by Crippen LogP contribution is 2.43. The molecule has 0 fully saturated rings. The molecule has 0 amide bonds. The van der Waals surface area contributed by atoms with Crippen LogP contribution in [0.3, 0.4) is 0 Å². The molecule has 1 N–H and O–H groups in total. The minimum atomic E-state index is -1.10. The highest BCUT2D eigenvalue weighted by molar-refractivity contribution is 6.04. The fraction of sp³-hybridized carbons (Fsp3) is 0.316. The summed E-state index contributed by atoms with van der Waals surface area (Å²) in [6.45, 7) is 5.86. The first kappa shape index (κ1) is 13.5. The first-order valence-electron chi connectivity index (χ1n) is 7.84. The van der Waals surface area contributed by atoms with Crippen LogP contribution in [0.5, 0.6) is 0 Å². The zero-order valence-electron chi connectivity index (χ0n) is 13.0. The molecule has 0 saturated heterocycles. The van der Waals surface area contributed by atoms with Crippen LogP contribution in [-0.2, 0) is 5.72 Å². The summed E-state index contributed by atoms with van der Waals surface area (Å²) >= 11 is 0. The third-order valence-corrected chi connectivity index (χ3v) is 4.90. The Morgan fingerprint density at radius 3 is 2.73 bits per heavy atom. The number of aliphatic hydroxyl groups is 1. The lowest BCUT2D eigenvalue weighted by Gasteiger charge is -2.38. The van der Waals surface area contributed by atoms with Gasteiger partial charge in [0.05, 0.1) is 0 Å². The normalized spacial score (nSPS) is 23.0. The van der Waals surface area contributed by atoms with Gasteiger partial charge < -0.3 is 10.0 Å². The van der Waals surface area contributed by atoms with Gasteiger partial charge in [0.15, 0.2) is 5.72 Å². The standard InChI is InChI=1S/C19H20N2O/c1-13-8-9-15(12-14(13)2)19(22)17-7-4-3-6-16(17)18-20-10-5-11-21(18)19/h3-4,6-9,12,22H,5,10-11H2,1-2H3. The molecule has 2 aliphatic rings. The van der Waals surface area contributed by atoms with Gasteiger partial charge in [-0.1, -0.05) is 42.5 Å². The molecular weight excluding hydrogens is 272 g/mol. The molecule has 0 bridgehead atoms. The van der Waals surface area contributed by atoms with E-state index in [2.05, 4.69) is 41.9 Å². The molecule has 22 heavy (non-hydrogen) atoms. The second-order valence-corrected chi connectivity index (χ2v) is 6.23. The van der Waals surface area contributed by atoms with Crippen molar-refractivity contribution in [2.45, 2.75) is 26.0 Å². The second-order valence-electron chi connectivity index (χ2n) is 6.23. The van der Waals surface area contributed by atoms with Crippen LogP contribution in [0.15, 0.2) is 47.5 Å². The maximum Gasteiger partial charge on any atom is 0.193 e. The van der Waals surface area contributed by atoms with Crippen molar-refractivity contribution >= 4 is 5.84 Å². The van der Waals surface area contributed by atoms with Crippen LogP contribution >= 0.6 is 0 Å². The van der Waals surface area contributed by atoms with Gasteiger partial charge in [0.1, 0.15) is 5.84 Å². The van der Waals surface area contributed by atoms with Crippen LogP contribution in [-0.4, -0.2) is 28.9 Å². The summed E-state index contributed by atoms with van der Waals surface area (Å²) in [5.74, 6) is 0.933. The Kier molecular flexibility index (Phi) is 2.88. The number of amidine groups is 1. The molecule has 4 rings (SSSR count). The van der Waals surface area contributed by atoms with E-state index in [1.165, 1.54) is 11.1 Å². The monoisotopic (exact) mass is 292 g/mol. The van der Waals surface area contributed by atoms with Gasteiger partial charge in [-0.05, 0) is 31.4 Å². The molecule has 2 aromatic carbocycles. The Morgan fingerprint density at radius 1 is 1.09 bits per heavy atom. The lowest BCUT2D eigenvalue weighted by Crippen LogP contribution is -2.47. The van der Waals surface area contributed by atoms with Crippen molar-refractivity contribution in [3.63, 3.8) is 0 Å².